The molecule has 0 aliphatic heterocycles. The number of hydrogen-bond acceptors (Lipinski definition) is 3. The lowest BCUT2D eigenvalue weighted by Gasteiger charge is -2.34. The summed E-state index contributed by atoms with van der Waals surface area (Å²) in [5.41, 5.74) is -1.12. The Balaban J connectivity index is 2.64. The topological polar surface area (TPSA) is 52.6 Å². The molecule has 1 unspecified atom stereocenters. The van der Waals surface area contributed by atoms with E-state index in [2.05, 4.69) is 5.32 Å². The Morgan fingerprint density at radius 1 is 1.42 bits per heavy atom. The SMILES string of the molecule is CCNC(CN(C)CCC(F)(F)F)(C(=O)O)C1CC1. The van der Waals surface area contributed by atoms with E-state index in [0.717, 1.165) is 12.8 Å². The number of rotatable bonds is 8. The quantitative estimate of drug-likeness (QED) is 0.711. The maximum absolute atomic E-state index is 12.2. The van der Waals surface area contributed by atoms with Gasteiger partial charge in [-0.05, 0) is 32.4 Å². The zero-order valence-electron chi connectivity index (χ0n) is 11.3. The Kier molecular flexibility index (Phi) is 5.20. The molecule has 1 fully saturated rings. The van der Waals surface area contributed by atoms with Gasteiger partial charge in [-0.25, -0.2) is 0 Å². The summed E-state index contributed by atoms with van der Waals surface area (Å²) in [6.45, 7) is 2.19. The third-order valence-corrected chi connectivity index (χ3v) is 3.44. The van der Waals surface area contributed by atoms with Gasteiger partial charge in [0, 0.05) is 13.1 Å². The van der Waals surface area contributed by atoms with Crippen LogP contribution in [0, 0.1) is 5.92 Å². The Morgan fingerprint density at radius 3 is 2.37 bits per heavy atom. The highest BCUT2D eigenvalue weighted by molar-refractivity contribution is 5.80. The molecule has 0 aromatic rings. The summed E-state index contributed by atoms with van der Waals surface area (Å²) in [5.74, 6) is -0.964. The van der Waals surface area contributed by atoms with Crippen LogP contribution in [0.1, 0.15) is 26.2 Å². The lowest BCUT2D eigenvalue weighted by Crippen LogP contribution is -2.60. The fraction of sp³-hybridized carbons (Fsp3) is 0.917. The number of likely N-dealkylation sites (N-methyl/N-ethyl adjacent to an activating group) is 2. The van der Waals surface area contributed by atoms with Crippen LogP contribution >= 0.6 is 0 Å². The molecule has 0 spiro atoms. The molecule has 0 saturated heterocycles. The van der Waals surface area contributed by atoms with Crippen molar-refractivity contribution in [2.24, 2.45) is 5.92 Å². The molecule has 0 aromatic heterocycles. The first-order valence-corrected chi connectivity index (χ1v) is 6.45. The molecule has 0 aromatic carbocycles. The lowest BCUT2D eigenvalue weighted by molar-refractivity contribution is -0.148. The Labute approximate surface area is 111 Å². The van der Waals surface area contributed by atoms with Gasteiger partial charge in [0.25, 0.3) is 0 Å². The van der Waals surface area contributed by atoms with Gasteiger partial charge in [0.2, 0.25) is 0 Å². The third-order valence-electron chi connectivity index (χ3n) is 3.44. The number of carboxylic acid groups (broad SMARTS) is 1. The predicted octanol–water partition coefficient (Wildman–Crippen LogP) is 1.71. The standard InChI is InChI=1S/C12H21F3N2O2/c1-3-16-11(10(18)19,9-4-5-9)8-17(2)7-6-12(13,14)15/h9,16H,3-8H2,1-2H3,(H,18,19). The maximum atomic E-state index is 12.2. The van der Waals surface area contributed by atoms with Crippen LogP contribution in [-0.2, 0) is 4.79 Å². The van der Waals surface area contributed by atoms with E-state index < -0.39 is 24.1 Å². The van der Waals surface area contributed by atoms with Crippen LogP contribution in [0.25, 0.3) is 0 Å². The van der Waals surface area contributed by atoms with Gasteiger partial charge in [-0.3, -0.25) is 4.79 Å². The average Bonchev–Trinajstić information content (AvgIpc) is 3.08. The maximum Gasteiger partial charge on any atom is 0.390 e. The highest BCUT2D eigenvalue weighted by atomic mass is 19.4. The Morgan fingerprint density at radius 2 is 2.00 bits per heavy atom. The van der Waals surface area contributed by atoms with Gasteiger partial charge in [0.15, 0.2) is 0 Å². The fourth-order valence-corrected chi connectivity index (χ4v) is 2.36. The van der Waals surface area contributed by atoms with Gasteiger partial charge in [0.05, 0.1) is 6.42 Å². The van der Waals surface area contributed by atoms with E-state index in [9.17, 15) is 23.1 Å². The van der Waals surface area contributed by atoms with Crippen molar-refractivity contribution >= 4 is 5.97 Å². The van der Waals surface area contributed by atoms with Crippen molar-refractivity contribution in [1.29, 1.82) is 0 Å². The number of carboxylic acids is 1. The smallest absolute Gasteiger partial charge is 0.390 e. The van der Waals surface area contributed by atoms with Crippen LogP contribution in [0.15, 0.2) is 0 Å². The van der Waals surface area contributed by atoms with E-state index in [0.29, 0.717) is 6.54 Å². The van der Waals surface area contributed by atoms with E-state index >= 15 is 0 Å². The summed E-state index contributed by atoms with van der Waals surface area (Å²) in [6, 6.07) is 0. The van der Waals surface area contributed by atoms with Gasteiger partial charge in [-0.2, -0.15) is 13.2 Å². The largest absolute Gasteiger partial charge is 0.480 e. The van der Waals surface area contributed by atoms with Gasteiger partial charge in [-0.15, -0.1) is 0 Å². The molecule has 0 amide bonds. The third kappa shape index (κ3) is 4.65. The van der Waals surface area contributed by atoms with E-state index in [1.807, 2.05) is 0 Å². The van der Waals surface area contributed by atoms with Crippen LogP contribution < -0.4 is 5.32 Å². The van der Waals surface area contributed by atoms with E-state index in [-0.39, 0.29) is 19.0 Å². The van der Waals surface area contributed by atoms with E-state index in [1.54, 1.807) is 6.92 Å². The lowest BCUT2D eigenvalue weighted by atomic mass is 9.92. The number of nitrogens with zero attached hydrogens (tertiary/aromatic N) is 1. The first-order chi connectivity index (χ1) is 8.71. The van der Waals surface area contributed by atoms with Gasteiger partial charge >= 0.3 is 12.1 Å². The van der Waals surface area contributed by atoms with Crippen molar-refractivity contribution in [2.45, 2.75) is 37.9 Å². The molecule has 7 heteroatoms. The average molecular weight is 282 g/mol. The highest BCUT2D eigenvalue weighted by Gasteiger charge is 2.51. The van der Waals surface area contributed by atoms with Crippen molar-refractivity contribution in [3.63, 3.8) is 0 Å². The molecule has 1 atom stereocenters. The summed E-state index contributed by atoms with van der Waals surface area (Å²) in [5, 5.41) is 12.4. The first kappa shape index (κ1) is 16.2. The zero-order valence-corrected chi connectivity index (χ0v) is 11.3. The first-order valence-electron chi connectivity index (χ1n) is 6.45. The highest BCUT2D eigenvalue weighted by Crippen LogP contribution is 2.40. The molecule has 19 heavy (non-hydrogen) atoms. The number of nitrogens with one attached hydrogen (secondary N) is 1. The summed E-state index contributed by atoms with van der Waals surface area (Å²) in [7, 11) is 1.53. The molecule has 112 valence electrons. The molecular weight excluding hydrogens is 261 g/mol. The second-order valence-electron chi connectivity index (χ2n) is 5.18. The predicted molar refractivity (Wildman–Crippen MR) is 64.9 cm³/mol. The van der Waals surface area contributed by atoms with Gasteiger partial charge in [0.1, 0.15) is 5.54 Å². The minimum absolute atomic E-state index is 0.0123. The van der Waals surface area contributed by atoms with Crippen molar-refractivity contribution in [2.75, 3.05) is 26.7 Å². The van der Waals surface area contributed by atoms with Gasteiger partial charge in [-0.1, -0.05) is 6.92 Å². The number of hydrogen-bond donors (Lipinski definition) is 2. The minimum Gasteiger partial charge on any atom is -0.480 e. The molecule has 0 bridgehead atoms. The second kappa shape index (κ2) is 6.09. The molecular formula is C12H21F3N2O2. The number of halogens is 3. The van der Waals surface area contributed by atoms with E-state index in [1.165, 1.54) is 11.9 Å². The van der Waals surface area contributed by atoms with Crippen molar-refractivity contribution < 1.29 is 23.1 Å². The Hall–Kier alpha value is -0.820. The van der Waals surface area contributed by atoms with Crippen LogP contribution in [-0.4, -0.2) is 54.4 Å². The van der Waals surface area contributed by atoms with Crippen LogP contribution in [0.2, 0.25) is 0 Å². The van der Waals surface area contributed by atoms with Crippen molar-refractivity contribution in [3.05, 3.63) is 0 Å². The molecule has 0 heterocycles. The number of aliphatic carboxylic acids is 1. The minimum atomic E-state index is -4.21. The monoisotopic (exact) mass is 282 g/mol. The summed E-state index contributed by atoms with van der Waals surface area (Å²) < 4.78 is 36.5. The molecule has 2 N–H and O–H groups in total. The Bertz CT molecular complexity index is 319. The number of alkyl halides is 3. The van der Waals surface area contributed by atoms with Crippen molar-refractivity contribution in [1.82, 2.24) is 10.2 Å². The molecule has 0 radical (unpaired) electrons. The van der Waals surface area contributed by atoms with Crippen LogP contribution in [0.4, 0.5) is 13.2 Å². The molecule has 1 rings (SSSR count). The van der Waals surface area contributed by atoms with Crippen LogP contribution in [0.3, 0.4) is 0 Å². The summed E-state index contributed by atoms with van der Waals surface area (Å²) in [4.78, 5) is 13.0. The summed E-state index contributed by atoms with van der Waals surface area (Å²) in [6.07, 6.45) is -3.51. The van der Waals surface area contributed by atoms with E-state index in [4.69, 9.17) is 0 Å². The summed E-state index contributed by atoms with van der Waals surface area (Å²) >= 11 is 0. The fourth-order valence-electron chi connectivity index (χ4n) is 2.36. The van der Waals surface area contributed by atoms with Gasteiger partial charge < -0.3 is 15.3 Å². The molecule has 1 aliphatic rings. The molecule has 1 aliphatic carbocycles. The number of carbonyl (C=O) groups is 1. The van der Waals surface area contributed by atoms with Crippen LogP contribution in [0.5, 0.6) is 0 Å². The second-order valence-corrected chi connectivity index (χ2v) is 5.18. The molecule has 4 nitrogen and oxygen atoms in total. The molecule has 1 saturated carbocycles. The zero-order chi connectivity index (χ0) is 14.7. The van der Waals surface area contributed by atoms with Crippen molar-refractivity contribution in [3.8, 4) is 0 Å². The normalized spacial score (nSPS) is 19.5.